The second-order valence-electron chi connectivity index (χ2n) is 6.96. The average molecular weight is 294 g/mol. The first-order chi connectivity index (χ1) is 9.60. The van der Waals surface area contributed by atoms with Crippen molar-refractivity contribution in [1.29, 1.82) is 0 Å². The standard InChI is InChI=1S/C16H26N2OS/c1-11-5-6-12-13(8-11)20-15(18-12)9-17-14-4-3-7-16(14,2)10-19/h11,14,17,19H,3-10H2,1-2H3. The summed E-state index contributed by atoms with van der Waals surface area (Å²) in [6.45, 7) is 5.70. The summed E-state index contributed by atoms with van der Waals surface area (Å²) in [6, 6.07) is 0.437. The number of hydrogen-bond acceptors (Lipinski definition) is 4. The van der Waals surface area contributed by atoms with Crippen molar-refractivity contribution >= 4 is 11.3 Å². The summed E-state index contributed by atoms with van der Waals surface area (Å²) in [7, 11) is 0. The molecule has 0 spiro atoms. The maximum absolute atomic E-state index is 9.60. The molecule has 20 heavy (non-hydrogen) atoms. The minimum atomic E-state index is 0.0609. The fraction of sp³-hybridized carbons (Fsp3) is 0.812. The Labute approximate surface area is 125 Å². The minimum Gasteiger partial charge on any atom is -0.396 e. The highest BCUT2D eigenvalue weighted by Gasteiger charge is 2.37. The molecule has 3 unspecified atom stereocenters. The largest absolute Gasteiger partial charge is 0.396 e. The number of hydrogen-bond donors (Lipinski definition) is 2. The Kier molecular flexibility index (Phi) is 4.16. The molecule has 1 aromatic heterocycles. The van der Waals surface area contributed by atoms with E-state index in [1.165, 1.54) is 41.3 Å². The normalized spacial score (nSPS) is 33.4. The maximum atomic E-state index is 9.60. The lowest BCUT2D eigenvalue weighted by atomic mass is 9.86. The number of aryl methyl sites for hydroxylation is 1. The summed E-state index contributed by atoms with van der Waals surface area (Å²) in [5.74, 6) is 0.816. The van der Waals surface area contributed by atoms with Crippen LogP contribution in [0.4, 0.5) is 0 Å². The molecule has 4 heteroatoms. The lowest BCUT2D eigenvalue weighted by molar-refractivity contribution is 0.118. The van der Waals surface area contributed by atoms with Crippen LogP contribution in [0.5, 0.6) is 0 Å². The molecule has 0 aliphatic heterocycles. The van der Waals surface area contributed by atoms with Crippen LogP contribution in [0, 0.1) is 11.3 Å². The van der Waals surface area contributed by atoms with E-state index in [-0.39, 0.29) is 12.0 Å². The van der Waals surface area contributed by atoms with Gasteiger partial charge in [0.2, 0.25) is 0 Å². The minimum absolute atomic E-state index is 0.0609. The Balaban J connectivity index is 1.62. The van der Waals surface area contributed by atoms with Crippen LogP contribution in [0.3, 0.4) is 0 Å². The second-order valence-corrected chi connectivity index (χ2v) is 8.13. The second kappa shape index (κ2) is 5.74. The molecule has 1 aromatic rings. The zero-order valence-corrected chi connectivity index (χ0v) is 13.4. The molecule has 112 valence electrons. The van der Waals surface area contributed by atoms with Gasteiger partial charge in [-0.3, -0.25) is 0 Å². The van der Waals surface area contributed by atoms with Gasteiger partial charge in [-0.2, -0.15) is 0 Å². The zero-order valence-electron chi connectivity index (χ0n) is 12.6. The Hall–Kier alpha value is -0.450. The number of aliphatic hydroxyl groups excluding tert-OH is 1. The number of rotatable bonds is 4. The predicted molar refractivity (Wildman–Crippen MR) is 83.0 cm³/mol. The third-order valence-electron chi connectivity index (χ3n) is 5.17. The molecule has 3 atom stereocenters. The molecular weight excluding hydrogens is 268 g/mol. The van der Waals surface area contributed by atoms with Crippen LogP contribution in [0.25, 0.3) is 0 Å². The van der Waals surface area contributed by atoms with E-state index in [2.05, 4.69) is 19.2 Å². The third-order valence-corrected chi connectivity index (χ3v) is 6.29. The van der Waals surface area contributed by atoms with Crippen molar-refractivity contribution in [3.8, 4) is 0 Å². The maximum Gasteiger partial charge on any atom is 0.107 e. The van der Waals surface area contributed by atoms with Gasteiger partial charge in [0.05, 0.1) is 5.69 Å². The molecular formula is C16H26N2OS. The van der Waals surface area contributed by atoms with Gasteiger partial charge in [-0.05, 0) is 38.0 Å². The summed E-state index contributed by atoms with van der Waals surface area (Å²) >= 11 is 1.89. The highest BCUT2D eigenvalue weighted by atomic mass is 32.1. The fourth-order valence-corrected chi connectivity index (χ4v) is 4.88. The molecule has 1 heterocycles. The van der Waals surface area contributed by atoms with E-state index in [0.29, 0.717) is 6.04 Å². The van der Waals surface area contributed by atoms with Crippen molar-refractivity contribution in [2.24, 2.45) is 11.3 Å². The Morgan fingerprint density at radius 3 is 3.10 bits per heavy atom. The SMILES string of the molecule is CC1CCc2nc(CNC3CCCC3(C)CO)sc2C1. The van der Waals surface area contributed by atoms with E-state index in [0.717, 1.165) is 25.3 Å². The Bertz CT molecular complexity index is 473. The number of fused-ring (bicyclic) bond motifs is 1. The monoisotopic (exact) mass is 294 g/mol. The Morgan fingerprint density at radius 2 is 2.30 bits per heavy atom. The quantitative estimate of drug-likeness (QED) is 0.897. The van der Waals surface area contributed by atoms with Gasteiger partial charge < -0.3 is 10.4 Å². The molecule has 2 aliphatic rings. The van der Waals surface area contributed by atoms with Crippen LogP contribution in [0.1, 0.15) is 55.1 Å². The van der Waals surface area contributed by atoms with Gasteiger partial charge in [-0.25, -0.2) is 4.98 Å². The van der Waals surface area contributed by atoms with Crippen molar-refractivity contribution in [2.45, 2.75) is 65.0 Å². The van der Waals surface area contributed by atoms with Gasteiger partial charge in [0.25, 0.3) is 0 Å². The molecule has 2 N–H and O–H groups in total. The first kappa shape index (κ1) is 14.5. The summed E-state index contributed by atoms with van der Waals surface area (Å²) in [5.41, 5.74) is 1.41. The van der Waals surface area contributed by atoms with Crippen molar-refractivity contribution in [3.05, 3.63) is 15.6 Å². The third kappa shape index (κ3) is 2.78. The number of aliphatic hydroxyl groups is 1. The van der Waals surface area contributed by atoms with Crippen molar-refractivity contribution in [1.82, 2.24) is 10.3 Å². The topological polar surface area (TPSA) is 45.2 Å². The van der Waals surface area contributed by atoms with Crippen LogP contribution in [0.15, 0.2) is 0 Å². The molecule has 0 saturated heterocycles. The molecule has 1 saturated carbocycles. The van der Waals surface area contributed by atoms with Crippen molar-refractivity contribution in [3.63, 3.8) is 0 Å². The predicted octanol–water partition coefficient (Wildman–Crippen LogP) is 2.91. The molecule has 1 fully saturated rings. The van der Waals surface area contributed by atoms with Crippen LogP contribution >= 0.6 is 11.3 Å². The molecule has 3 nitrogen and oxygen atoms in total. The number of nitrogens with zero attached hydrogens (tertiary/aromatic N) is 1. The highest BCUT2D eigenvalue weighted by molar-refractivity contribution is 7.11. The van der Waals surface area contributed by atoms with Gasteiger partial charge in [0.1, 0.15) is 5.01 Å². The van der Waals surface area contributed by atoms with E-state index in [1.54, 1.807) is 0 Å². The van der Waals surface area contributed by atoms with E-state index in [4.69, 9.17) is 4.98 Å². The summed E-state index contributed by atoms with van der Waals surface area (Å²) in [4.78, 5) is 6.32. The van der Waals surface area contributed by atoms with Crippen molar-refractivity contribution < 1.29 is 5.11 Å². The van der Waals surface area contributed by atoms with Crippen LogP contribution in [0.2, 0.25) is 0 Å². The van der Waals surface area contributed by atoms with E-state index >= 15 is 0 Å². The lowest BCUT2D eigenvalue weighted by Crippen LogP contribution is -2.41. The Morgan fingerprint density at radius 1 is 1.45 bits per heavy atom. The molecule has 0 bridgehead atoms. The van der Waals surface area contributed by atoms with E-state index in [9.17, 15) is 5.11 Å². The van der Waals surface area contributed by atoms with Gasteiger partial charge in [-0.1, -0.05) is 20.3 Å². The summed E-state index contributed by atoms with van der Waals surface area (Å²) in [5, 5.41) is 14.5. The summed E-state index contributed by atoms with van der Waals surface area (Å²) in [6.07, 6.45) is 7.19. The average Bonchev–Trinajstić information content (AvgIpc) is 3.00. The molecule has 0 radical (unpaired) electrons. The van der Waals surface area contributed by atoms with Crippen LogP contribution in [-0.2, 0) is 19.4 Å². The van der Waals surface area contributed by atoms with Crippen LogP contribution < -0.4 is 5.32 Å². The molecule has 0 aromatic carbocycles. The van der Waals surface area contributed by atoms with Crippen LogP contribution in [-0.4, -0.2) is 22.7 Å². The van der Waals surface area contributed by atoms with Gasteiger partial charge in [0.15, 0.2) is 0 Å². The number of nitrogens with one attached hydrogen (secondary N) is 1. The first-order valence-corrected chi connectivity index (χ1v) is 8.74. The smallest absolute Gasteiger partial charge is 0.107 e. The number of aromatic nitrogens is 1. The molecule has 2 aliphatic carbocycles. The van der Waals surface area contributed by atoms with Gasteiger partial charge >= 0.3 is 0 Å². The van der Waals surface area contributed by atoms with Gasteiger partial charge in [-0.15, -0.1) is 11.3 Å². The van der Waals surface area contributed by atoms with Crippen molar-refractivity contribution in [2.75, 3.05) is 6.61 Å². The zero-order chi connectivity index (χ0) is 14.2. The fourth-order valence-electron chi connectivity index (χ4n) is 3.65. The molecule has 3 rings (SSSR count). The lowest BCUT2D eigenvalue weighted by Gasteiger charge is -2.30. The first-order valence-electron chi connectivity index (χ1n) is 7.92. The summed E-state index contributed by atoms with van der Waals surface area (Å²) < 4.78 is 0. The number of thiazole rings is 1. The van der Waals surface area contributed by atoms with E-state index < -0.39 is 0 Å². The highest BCUT2D eigenvalue weighted by Crippen LogP contribution is 2.37. The van der Waals surface area contributed by atoms with E-state index in [1.807, 2.05) is 11.3 Å². The molecule has 0 amide bonds. The van der Waals surface area contributed by atoms with Gasteiger partial charge in [0, 0.05) is 29.5 Å².